The molecule has 0 bridgehead atoms. The first kappa shape index (κ1) is 15.7. The van der Waals surface area contributed by atoms with Gasteiger partial charge in [0.25, 0.3) is 0 Å². The van der Waals surface area contributed by atoms with E-state index in [2.05, 4.69) is 54.2 Å². The van der Waals surface area contributed by atoms with Gasteiger partial charge in [-0.3, -0.25) is 4.90 Å². The first-order valence-corrected chi connectivity index (χ1v) is 8.08. The Bertz CT molecular complexity index is 423. The van der Waals surface area contributed by atoms with Crippen LogP contribution in [-0.2, 0) is 10.2 Å². The third-order valence-corrected chi connectivity index (χ3v) is 4.44. The molecule has 0 aliphatic carbocycles. The number of ether oxygens (including phenoxy) is 1. The lowest BCUT2D eigenvalue weighted by molar-refractivity contribution is 0.0176. The van der Waals surface area contributed by atoms with Crippen LogP contribution in [0.25, 0.3) is 0 Å². The molecule has 20 heavy (non-hydrogen) atoms. The van der Waals surface area contributed by atoms with E-state index in [1.54, 1.807) is 0 Å². The summed E-state index contributed by atoms with van der Waals surface area (Å²) < 4.78 is 9.85. The standard InChI is InChI=1S/C14H26N4OS/c1-10(11(2)18-6-8-19-9-7-18)15-13-16-12(17-20-13)14(3,4)5/h10-11H,6-9H2,1-5H3,(H,15,16,17). The molecule has 0 radical (unpaired) electrons. The Morgan fingerprint density at radius 1 is 1.25 bits per heavy atom. The van der Waals surface area contributed by atoms with Crippen molar-refractivity contribution in [2.75, 3.05) is 31.6 Å². The van der Waals surface area contributed by atoms with E-state index >= 15 is 0 Å². The topological polar surface area (TPSA) is 50.3 Å². The number of morpholine rings is 1. The fraction of sp³-hybridized carbons (Fsp3) is 0.857. The Morgan fingerprint density at radius 2 is 1.90 bits per heavy atom. The highest BCUT2D eigenvalue weighted by Gasteiger charge is 2.24. The molecule has 2 atom stereocenters. The minimum Gasteiger partial charge on any atom is -0.379 e. The molecule has 1 N–H and O–H groups in total. The molecule has 1 aliphatic heterocycles. The van der Waals surface area contributed by atoms with Crippen molar-refractivity contribution in [2.45, 2.75) is 52.1 Å². The molecular formula is C14H26N4OS. The maximum Gasteiger partial charge on any atom is 0.202 e. The average Bonchev–Trinajstić information content (AvgIpc) is 2.87. The number of hydrogen-bond donors (Lipinski definition) is 1. The Kier molecular flexibility index (Phi) is 4.99. The molecule has 1 aliphatic rings. The monoisotopic (exact) mass is 298 g/mol. The van der Waals surface area contributed by atoms with E-state index in [1.165, 1.54) is 11.5 Å². The van der Waals surface area contributed by atoms with Gasteiger partial charge in [0.1, 0.15) is 5.82 Å². The van der Waals surface area contributed by atoms with Crippen molar-refractivity contribution in [3.63, 3.8) is 0 Å². The van der Waals surface area contributed by atoms with Crippen LogP contribution < -0.4 is 5.32 Å². The van der Waals surface area contributed by atoms with Crippen LogP contribution in [0.5, 0.6) is 0 Å². The van der Waals surface area contributed by atoms with Crippen LogP contribution in [-0.4, -0.2) is 52.6 Å². The fourth-order valence-corrected chi connectivity index (χ4v) is 3.06. The number of aromatic nitrogens is 2. The zero-order valence-electron chi connectivity index (χ0n) is 13.1. The highest BCUT2D eigenvalue weighted by atomic mass is 32.1. The number of nitrogens with zero attached hydrogens (tertiary/aromatic N) is 3. The molecule has 2 unspecified atom stereocenters. The normalized spacial score (nSPS) is 20.6. The molecule has 0 saturated carbocycles. The van der Waals surface area contributed by atoms with Gasteiger partial charge < -0.3 is 10.1 Å². The van der Waals surface area contributed by atoms with Crippen molar-refractivity contribution in [1.82, 2.24) is 14.3 Å². The summed E-state index contributed by atoms with van der Waals surface area (Å²) in [5, 5.41) is 4.41. The van der Waals surface area contributed by atoms with E-state index in [4.69, 9.17) is 4.74 Å². The maximum absolute atomic E-state index is 5.41. The molecule has 2 rings (SSSR count). The van der Waals surface area contributed by atoms with Gasteiger partial charge in [-0.1, -0.05) is 20.8 Å². The van der Waals surface area contributed by atoms with E-state index in [9.17, 15) is 0 Å². The first-order valence-electron chi connectivity index (χ1n) is 7.30. The maximum atomic E-state index is 5.41. The minimum atomic E-state index is 0.00942. The second kappa shape index (κ2) is 6.37. The van der Waals surface area contributed by atoms with Crippen LogP contribution in [0.3, 0.4) is 0 Å². The lowest BCUT2D eigenvalue weighted by Gasteiger charge is -2.35. The summed E-state index contributed by atoms with van der Waals surface area (Å²) in [6.45, 7) is 14.6. The SMILES string of the molecule is CC(Nc1nc(C(C)(C)C)ns1)C(C)N1CCOCC1. The van der Waals surface area contributed by atoms with Crippen molar-refractivity contribution < 1.29 is 4.74 Å². The van der Waals surface area contributed by atoms with Crippen LogP contribution in [0.2, 0.25) is 0 Å². The number of rotatable bonds is 4. The molecule has 0 amide bonds. The van der Waals surface area contributed by atoms with Crippen LogP contribution >= 0.6 is 11.5 Å². The Hall–Kier alpha value is -0.720. The van der Waals surface area contributed by atoms with Gasteiger partial charge in [0.15, 0.2) is 0 Å². The minimum absolute atomic E-state index is 0.00942. The van der Waals surface area contributed by atoms with Gasteiger partial charge >= 0.3 is 0 Å². The first-order chi connectivity index (χ1) is 9.38. The highest BCUT2D eigenvalue weighted by molar-refractivity contribution is 7.09. The smallest absolute Gasteiger partial charge is 0.202 e. The van der Waals surface area contributed by atoms with Gasteiger partial charge in [0.05, 0.1) is 13.2 Å². The van der Waals surface area contributed by atoms with Gasteiger partial charge in [-0.25, -0.2) is 4.98 Å². The van der Waals surface area contributed by atoms with Crippen LogP contribution in [0, 0.1) is 0 Å². The fourth-order valence-electron chi connectivity index (χ4n) is 2.20. The van der Waals surface area contributed by atoms with Gasteiger partial charge in [-0.15, -0.1) is 0 Å². The van der Waals surface area contributed by atoms with E-state index < -0.39 is 0 Å². The van der Waals surface area contributed by atoms with Crippen molar-refractivity contribution >= 4 is 16.7 Å². The summed E-state index contributed by atoms with van der Waals surface area (Å²) >= 11 is 1.45. The van der Waals surface area contributed by atoms with Gasteiger partial charge in [0, 0.05) is 42.1 Å². The summed E-state index contributed by atoms with van der Waals surface area (Å²) in [6.07, 6.45) is 0. The van der Waals surface area contributed by atoms with Gasteiger partial charge in [-0.2, -0.15) is 4.37 Å². The Balaban J connectivity index is 1.93. The number of anilines is 1. The van der Waals surface area contributed by atoms with Crippen molar-refractivity contribution in [1.29, 1.82) is 0 Å². The van der Waals surface area contributed by atoms with E-state index in [0.717, 1.165) is 37.3 Å². The van der Waals surface area contributed by atoms with Crippen LogP contribution in [0.4, 0.5) is 5.13 Å². The highest BCUT2D eigenvalue weighted by Crippen LogP contribution is 2.24. The molecule has 1 aromatic rings. The molecule has 114 valence electrons. The predicted molar refractivity (Wildman–Crippen MR) is 83.5 cm³/mol. The predicted octanol–water partition coefficient (Wildman–Crippen LogP) is 2.36. The molecule has 1 aromatic heterocycles. The quantitative estimate of drug-likeness (QED) is 0.925. The van der Waals surface area contributed by atoms with Crippen molar-refractivity contribution in [3.8, 4) is 0 Å². The van der Waals surface area contributed by atoms with Crippen molar-refractivity contribution in [2.24, 2.45) is 0 Å². The lowest BCUT2D eigenvalue weighted by atomic mass is 9.96. The molecule has 0 spiro atoms. The van der Waals surface area contributed by atoms with Crippen molar-refractivity contribution in [3.05, 3.63) is 5.82 Å². The molecular weight excluding hydrogens is 272 g/mol. The molecule has 0 aromatic carbocycles. The zero-order chi connectivity index (χ0) is 14.8. The van der Waals surface area contributed by atoms with Gasteiger partial charge in [-0.05, 0) is 13.8 Å². The summed E-state index contributed by atoms with van der Waals surface area (Å²) in [6, 6.07) is 0.801. The third-order valence-electron chi connectivity index (χ3n) is 3.79. The van der Waals surface area contributed by atoms with E-state index in [0.29, 0.717) is 12.1 Å². The average molecular weight is 298 g/mol. The summed E-state index contributed by atoms with van der Waals surface area (Å²) in [7, 11) is 0. The summed E-state index contributed by atoms with van der Waals surface area (Å²) in [4.78, 5) is 7.07. The Labute approximate surface area is 125 Å². The number of nitrogens with one attached hydrogen (secondary N) is 1. The molecule has 2 heterocycles. The Morgan fingerprint density at radius 3 is 2.45 bits per heavy atom. The second-order valence-electron chi connectivity index (χ2n) is 6.50. The van der Waals surface area contributed by atoms with E-state index in [1.807, 2.05) is 0 Å². The summed E-state index contributed by atoms with van der Waals surface area (Å²) in [5.74, 6) is 0.913. The third kappa shape index (κ3) is 3.90. The molecule has 1 fully saturated rings. The molecule has 5 nitrogen and oxygen atoms in total. The van der Waals surface area contributed by atoms with Gasteiger partial charge in [0.2, 0.25) is 5.13 Å². The lowest BCUT2D eigenvalue weighted by Crippen LogP contribution is -2.48. The largest absolute Gasteiger partial charge is 0.379 e. The molecule has 6 heteroatoms. The summed E-state index contributed by atoms with van der Waals surface area (Å²) in [5.41, 5.74) is 0.00942. The molecule has 1 saturated heterocycles. The second-order valence-corrected chi connectivity index (χ2v) is 7.25. The van der Waals surface area contributed by atoms with Crippen LogP contribution in [0.1, 0.15) is 40.4 Å². The zero-order valence-corrected chi connectivity index (χ0v) is 14.0. The van der Waals surface area contributed by atoms with E-state index in [-0.39, 0.29) is 5.41 Å². The van der Waals surface area contributed by atoms with Crippen LogP contribution in [0.15, 0.2) is 0 Å². The number of hydrogen-bond acceptors (Lipinski definition) is 6.